The fourth-order valence-electron chi connectivity index (χ4n) is 2.38. The van der Waals surface area contributed by atoms with Gasteiger partial charge in [-0.2, -0.15) is 0 Å². The van der Waals surface area contributed by atoms with Crippen LogP contribution in [0, 0.1) is 0 Å². The Hall–Kier alpha value is -2.55. The topological polar surface area (TPSA) is 98.1 Å². The van der Waals surface area contributed by atoms with E-state index in [0.717, 1.165) is 12.0 Å². The van der Waals surface area contributed by atoms with Crippen molar-refractivity contribution in [1.29, 1.82) is 0 Å². The molecule has 0 aliphatic carbocycles. The summed E-state index contributed by atoms with van der Waals surface area (Å²) in [4.78, 5) is 23.9. The molecule has 0 aliphatic rings. The van der Waals surface area contributed by atoms with Crippen molar-refractivity contribution in [1.82, 2.24) is 25.4 Å². The maximum atomic E-state index is 12.1. The van der Waals surface area contributed by atoms with Gasteiger partial charge in [0.15, 0.2) is 11.0 Å². The lowest BCUT2D eigenvalue weighted by Gasteiger charge is -2.13. The van der Waals surface area contributed by atoms with Crippen molar-refractivity contribution in [2.24, 2.45) is 7.05 Å². The van der Waals surface area contributed by atoms with E-state index in [1.165, 1.54) is 11.8 Å². The van der Waals surface area contributed by atoms with Crippen LogP contribution in [0.4, 0.5) is 0 Å². The second kappa shape index (κ2) is 9.96. The maximum Gasteiger partial charge on any atom is 0.242 e. The molecule has 9 heteroatoms. The number of thioether (sulfide) groups is 1. The highest BCUT2D eigenvalue weighted by Gasteiger charge is 2.18. The second-order valence-electron chi connectivity index (χ2n) is 5.93. The van der Waals surface area contributed by atoms with Crippen molar-refractivity contribution in [2.45, 2.75) is 31.5 Å². The third kappa shape index (κ3) is 5.46. The molecule has 0 bridgehead atoms. The van der Waals surface area contributed by atoms with Crippen LogP contribution in [0.1, 0.15) is 20.3 Å². The number of benzene rings is 1. The number of para-hydroxylation sites is 1. The van der Waals surface area contributed by atoms with Gasteiger partial charge in [0.25, 0.3) is 0 Å². The second-order valence-corrected chi connectivity index (χ2v) is 6.88. The molecule has 0 saturated heterocycles. The summed E-state index contributed by atoms with van der Waals surface area (Å²) in [5.74, 6) is 1.08. The first-order valence-corrected chi connectivity index (χ1v) is 9.69. The summed E-state index contributed by atoms with van der Waals surface area (Å²) >= 11 is 1.26. The van der Waals surface area contributed by atoms with Gasteiger partial charge in [-0.15, -0.1) is 10.2 Å². The predicted molar refractivity (Wildman–Crippen MR) is 105 cm³/mol. The first-order chi connectivity index (χ1) is 13.0. The van der Waals surface area contributed by atoms with E-state index in [1.807, 2.05) is 42.8 Å². The normalized spacial score (nSPS) is 11.7. The van der Waals surface area contributed by atoms with Crippen molar-refractivity contribution >= 4 is 23.6 Å². The van der Waals surface area contributed by atoms with Gasteiger partial charge in [0, 0.05) is 13.6 Å². The number of rotatable bonds is 9. The molecule has 8 nitrogen and oxygen atoms in total. The SMILES string of the molecule is CCCNC(=O)[C@H](C)NC(=O)CSc1nnc(-c2ccccc2OC)n1C. The third-order valence-electron chi connectivity index (χ3n) is 3.84. The largest absolute Gasteiger partial charge is 0.496 e. The Morgan fingerprint density at radius 1 is 1.30 bits per heavy atom. The van der Waals surface area contributed by atoms with Crippen LogP contribution >= 0.6 is 11.8 Å². The van der Waals surface area contributed by atoms with Crippen LogP contribution in [0.5, 0.6) is 5.75 Å². The molecular formula is C18H25N5O3S. The molecule has 0 unspecified atom stereocenters. The lowest BCUT2D eigenvalue weighted by Crippen LogP contribution is -2.45. The van der Waals surface area contributed by atoms with Crippen LogP contribution in [0.2, 0.25) is 0 Å². The Bertz CT molecular complexity index is 793. The smallest absolute Gasteiger partial charge is 0.242 e. The van der Waals surface area contributed by atoms with Crippen molar-refractivity contribution in [2.75, 3.05) is 19.4 Å². The van der Waals surface area contributed by atoms with Gasteiger partial charge in [0.1, 0.15) is 11.8 Å². The molecule has 2 amide bonds. The number of amides is 2. The Morgan fingerprint density at radius 3 is 2.74 bits per heavy atom. The summed E-state index contributed by atoms with van der Waals surface area (Å²) in [6, 6.07) is 6.97. The summed E-state index contributed by atoms with van der Waals surface area (Å²) in [6.07, 6.45) is 0.850. The standard InChI is InChI=1S/C18H25N5O3S/c1-5-10-19-17(25)12(2)20-15(24)11-27-18-22-21-16(23(18)3)13-8-6-7-9-14(13)26-4/h6-9,12H,5,10-11H2,1-4H3,(H,19,25)(H,20,24)/t12-/m0/s1. The number of carbonyl (C=O) groups excluding carboxylic acids is 2. The fourth-order valence-corrected chi connectivity index (χ4v) is 3.11. The van der Waals surface area contributed by atoms with Crippen LogP contribution in [-0.2, 0) is 16.6 Å². The number of carbonyl (C=O) groups is 2. The number of aromatic nitrogens is 3. The molecule has 2 aromatic rings. The van der Waals surface area contributed by atoms with E-state index >= 15 is 0 Å². The first-order valence-electron chi connectivity index (χ1n) is 8.70. The number of hydrogen-bond donors (Lipinski definition) is 2. The van der Waals surface area contributed by atoms with Gasteiger partial charge < -0.3 is 19.9 Å². The molecule has 27 heavy (non-hydrogen) atoms. The molecule has 2 N–H and O–H groups in total. The van der Waals surface area contributed by atoms with Crippen molar-refractivity contribution < 1.29 is 14.3 Å². The Morgan fingerprint density at radius 2 is 2.04 bits per heavy atom. The zero-order valence-corrected chi connectivity index (χ0v) is 16.8. The molecule has 2 rings (SSSR count). The Labute approximate surface area is 163 Å². The highest BCUT2D eigenvalue weighted by molar-refractivity contribution is 7.99. The van der Waals surface area contributed by atoms with Gasteiger partial charge in [0.05, 0.1) is 18.4 Å². The summed E-state index contributed by atoms with van der Waals surface area (Å²) in [6.45, 7) is 4.23. The fraction of sp³-hybridized carbons (Fsp3) is 0.444. The average molecular weight is 391 g/mol. The first kappa shape index (κ1) is 20.8. The van der Waals surface area contributed by atoms with Gasteiger partial charge >= 0.3 is 0 Å². The van der Waals surface area contributed by atoms with E-state index in [-0.39, 0.29) is 17.6 Å². The summed E-state index contributed by atoms with van der Waals surface area (Å²) in [5, 5.41) is 14.4. The molecule has 0 fully saturated rings. The molecule has 0 aliphatic heterocycles. The number of hydrogen-bond acceptors (Lipinski definition) is 6. The zero-order valence-electron chi connectivity index (χ0n) is 16.0. The molecule has 0 radical (unpaired) electrons. The van der Waals surface area contributed by atoms with Crippen LogP contribution in [-0.4, -0.2) is 52.0 Å². The van der Waals surface area contributed by atoms with Crippen molar-refractivity contribution in [3.8, 4) is 17.1 Å². The molecule has 0 spiro atoms. The number of nitrogens with zero attached hydrogens (tertiary/aromatic N) is 3. The summed E-state index contributed by atoms with van der Waals surface area (Å²) in [5.41, 5.74) is 0.826. The number of ether oxygens (including phenoxy) is 1. The van der Waals surface area contributed by atoms with Gasteiger partial charge in [-0.05, 0) is 25.5 Å². The van der Waals surface area contributed by atoms with E-state index in [0.29, 0.717) is 23.3 Å². The lowest BCUT2D eigenvalue weighted by atomic mass is 10.2. The summed E-state index contributed by atoms with van der Waals surface area (Å²) < 4.78 is 7.18. The highest BCUT2D eigenvalue weighted by atomic mass is 32.2. The zero-order chi connectivity index (χ0) is 19.8. The van der Waals surface area contributed by atoms with Gasteiger partial charge in [-0.3, -0.25) is 9.59 Å². The molecule has 1 aromatic carbocycles. The molecule has 1 aromatic heterocycles. The van der Waals surface area contributed by atoms with Crippen LogP contribution < -0.4 is 15.4 Å². The minimum atomic E-state index is -0.576. The molecule has 146 valence electrons. The highest BCUT2D eigenvalue weighted by Crippen LogP contribution is 2.29. The Balaban J connectivity index is 1.96. The van der Waals surface area contributed by atoms with Gasteiger partial charge in [0.2, 0.25) is 11.8 Å². The Kier molecular flexibility index (Phi) is 7.66. The van der Waals surface area contributed by atoms with Crippen molar-refractivity contribution in [3.63, 3.8) is 0 Å². The number of nitrogens with one attached hydrogen (secondary N) is 2. The van der Waals surface area contributed by atoms with E-state index in [2.05, 4.69) is 20.8 Å². The summed E-state index contributed by atoms with van der Waals surface area (Å²) in [7, 11) is 3.44. The molecule has 1 atom stereocenters. The van der Waals surface area contributed by atoms with E-state index in [1.54, 1.807) is 14.0 Å². The van der Waals surface area contributed by atoms with E-state index < -0.39 is 6.04 Å². The maximum absolute atomic E-state index is 12.1. The third-order valence-corrected chi connectivity index (χ3v) is 4.86. The van der Waals surface area contributed by atoms with Gasteiger partial charge in [-0.25, -0.2) is 0 Å². The monoisotopic (exact) mass is 391 g/mol. The average Bonchev–Trinajstić information content (AvgIpc) is 3.04. The van der Waals surface area contributed by atoms with Crippen LogP contribution in [0.3, 0.4) is 0 Å². The molecular weight excluding hydrogens is 366 g/mol. The molecule has 0 saturated carbocycles. The minimum absolute atomic E-state index is 0.142. The quantitative estimate of drug-likeness (QED) is 0.630. The van der Waals surface area contributed by atoms with E-state index in [9.17, 15) is 9.59 Å². The molecule has 1 heterocycles. The van der Waals surface area contributed by atoms with Crippen LogP contribution in [0.25, 0.3) is 11.4 Å². The predicted octanol–water partition coefficient (Wildman–Crippen LogP) is 1.61. The van der Waals surface area contributed by atoms with E-state index in [4.69, 9.17) is 4.74 Å². The lowest BCUT2D eigenvalue weighted by molar-refractivity contribution is -0.127. The van der Waals surface area contributed by atoms with Crippen LogP contribution in [0.15, 0.2) is 29.4 Å². The minimum Gasteiger partial charge on any atom is -0.496 e. The van der Waals surface area contributed by atoms with Crippen molar-refractivity contribution in [3.05, 3.63) is 24.3 Å². The number of methoxy groups -OCH3 is 1. The van der Waals surface area contributed by atoms with Gasteiger partial charge in [-0.1, -0.05) is 30.8 Å².